The first-order valence-corrected chi connectivity index (χ1v) is 9.79. The molecule has 0 amide bonds. The number of hydrogen-bond acceptors (Lipinski definition) is 3. The van der Waals surface area contributed by atoms with Crippen LogP contribution in [0.1, 0.15) is 12.5 Å². The lowest BCUT2D eigenvalue weighted by Crippen LogP contribution is -2.06. The van der Waals surface area contributed by atoms with Crippen molar-refractivity contribution in [3.63, 3.8) is 0 Å². The second-order valence-electron chi connectivity index (χ2n) is 6.31. The number of hydrogen-bond donors (Lipinski definition) is 1. The minimum atomic E-state index is 0. The van der Waals surface area contributed by atoms with Crippen molar-refractivity contribution in [1.29, 1.82) is 0 Å². The Kier molecular flexibility index (Phi) is 6.91. The molecule has 1 N–H and O–H groups in total. The van der Waals surface area contributed by atoms with E-state index < -0.39 is 0 Å². The fraction of sp³-hybridized carbons (Fsp3) is 0.136. The zero-order valence-corrected chi connectivity index (χ0v) is 18.1. The van der Waals surface area contributed by atoms with E-state index in [1.54, 1.807) is 0 Å². The Bertz CT molecular complexity index is 1090. The van der Waals surface area contributed by atoms with Crippen molar-refractivity contribution >= 4 is 52.6 Å². The van der Waals surface area contributed by atoms with E-state index in [4.69, 9.17) is 32.9 Å². The van der Waals surface area contributed by atoms with E-state index in [2.05, 4.69) is 9.88 Å². The first-order chi connectivity index (χ1) is 13.6. The first kappa shape index (κ1) is 21.3. The van der Waals surface area contributed by atoms with Gasteiger partial charge in [0.15, 0.2) is 0 Å². The highest BCUT2D eigenvalue weighted by Gasteiger charge is 2.13. The summed E-state index contributed by atoms with van der Waals surface area (Å²) in [7, 11) is 0. The second kappa shape index (κ2) is 9.40. The number of aromatic nitrogens is 2. The van der Waals surface area contributed by atoms with Crippen LogP contribution >= 0.6 is 35.6 Å². The predicted molar refractivity (Wildman–Crippen MR) is 123 cm³/mol. The predicted octanol–water partition coefficient (Wildman–Crippen LogP) is 6.76. The SMILES string of the molecule is CCOc1ccc(-n2c(NCc3ccc(Cl)cc3)nc3ccc(Cl)cc32)cc1.Cl. The smallest absolute Gasteiger partial charge is 0.208 e. The van der Waals surface area contributed by atoms with E-state index in [9.17, 15) is 0 Å². The molecule has 0 bridgehead atoms. The minimum absolute atomic E-state index is 0. The van der Waals surface area contributed by atoms with Crippen LogP contribution in [0.15, 0.2) is 66.7 Å². The van der Waals surface area contributed by atoms with Crippen LogP contribution in [-0.2, 0) is 6.54 Å². The summed E-state index contributed by atoms with van der Waals surface area (Å²) < 4.78 is 7.62. The molecule has 0 aliphatic carbocycles. The maximum Gasteiger partial charge on any atom is 0.208 e. The number of nitrogens with zero attached hydrogens (tertiary/aromatic N) is 2. The standard InChI is InChI=1S/C22H19Cl2N3O.ClH/c1-2-28-19-10-8-18(9-11-19)27-21-13-17(24)7-12-20(21)26-22(27)25-14-15-3-5-16(23)6-4-15;/h3-13H,2,14H2,1H3,(H,25,26);1H. The summed E-state index contributed by atoms with van der Waals surface area (Å²) in [6, 6.07) is 21.4. The summed E-state index contributed by atoms with van der Waals surface area (Å²) >= 11 is 12.2. The van der Waals surface area contributed by atoms with Crippen LogP contribution in [0.4, 0.5) is 5.95 Å². The summed E-state index contributed by atoms with van der Waals surface area (Å²) in [5.74, 6) is 1.58. The van der Waals surface area contributed by atoms with Gasteiger partial charge in [-0.05, 0) is 67.1 Å². The van der Waals surface area contributed by atoms with Crippen LogP contribution in [0, 0.1) is 0 Å². The fourth-order valence-corrected chi connectivity index (χ4v) is 3.36. The van der Waals surface area contributed by atoms with Crippen LogP contribution in [-0.4, -0.2) is 16.2 Å². The van der Waals surface area contributed by atoms with E-state index in [-0.39, 0.29) is 12.4 Å². The van der Waals surface area contributed by atoms with Crippen LogP contribution in [0.2, 0.25) is 10.0 Å². The first-order valence-electron chi connectivity index (χ1n) is 9.03. The third kappa shape index (κ3) is 4.78. The molecule has 0 radical (unpaired) electrons. The van der Waals surface area contributed by atoms with Gasteiger partial charge in [0.05, 0.1) is 17.6 Å². The summed E-state index contributed by atoms with van der Waals surface area (Å²) in [6.07, 6.45) is 0. The maximum absolute atomic E-state index is 6.25. The highest BCUT2D eigenvalue weighted by Crippen LogP contribution is 2.28. The van der Waals surface area contributed by atoms with Gasteiger partial charge in [-0.2, -0.15) is 0 Å². The lowest BCUT2D eigenvalue weighted by Gasteiger charge is -2.12. The summed E-state index contributed by atoms with van der Waals surface area (Å²) in [6.45, 7) is 3.24. The number of halogens is 3. The van der Waals surface area contributed by atoms with Crippen molar-refractivity contribution in [2.75, 3.05) is 11.9 Å². The molecular weight excluding hydrogens is 429 g/mol. The summed E-state index contributed by atoms with van der Waals surface area (Å²) in [5.41, 5.74) is 3.91. The molecule has 0 unspecified atom stereocenters. The van der Waals surface area contributed by atoms with Gasteiger partial charge in [-0.25, -0.2) is 4.98 Å². The second-order valence-corrected chi connectivity index (χ2v) is 7.18. The molecule has 4 aromatic rings. The molecule has 4 rings (SSSR count). The Balaban J connectivity index is 0.00000240. The van der Waals surface area contributed by atoms with E-state index in [1.807, 2.05) is 73.7 Å². The average Bonchev–Trinajstić information content (AvgIpc) is 3.06. The molecule has 150 valence electrons. The van der Waals surface area contributed by atoms with Crippen molar-refractivity contribution in [3.8, 4) is 11.4 Å². The number of benzene rings is 3. The van der Waals surface area contributed by atoms with Crippen LogP contribution < -0.4 is 10.1 Å². The molecule has 7 heteroatoms. The van der Waals surface area contributed by atoms with Crippen LogP contribution in [0.3, 0.4) is 0 Å². The van der Waals surface area contributed by atoms with Crippen molar-refractivity contribution < 1.29 is 4.74 Å². The fourth-order valence-electron chi connectivity index (χ4n) is 3.07. The van der Waals surface area contributed by atoms with Gasteiger partial charge < -0.3 is 10.1 Å². The molecule has 1 aromatic heterocycles. The van der Waals surface area contributed by atoms with Gasteiger partial charge in [-0.3, -0.25) is 4.57 Å². The van der Waals surface area contributed by atoms with E-state index in [0.717, 1.165) is 39.0 Å². The lowest BCUT2D eigenvalue weighted by molar-refractivity contribution is 0.340. The molecule has 0 spiro atoms. The average molecular weight is 449 g/mol. The van der Waals surface area contributed by atoms with Crippen molar-refractivity contribution in [1.82, 2.24) is 9.55 Å². The molecule has 0 aliphatic heterocycles. The molecule has 3 aromatic carbocycles. The maximum atomic E-state index is 6.25. The third-order valence-corrected chi connectivity index (χ3v) is 4.87. The zero-order valence-electron chi connectivity index (χ0n) is 15.7. The van der Waals surface area contributed by atoms with Gasteiger partial charge in [-0.15, -0.1) is 12.4 Å². The molecule has 1 heterocycles. The number of nitrogens with one attached hydrogen (secondary N) is 1. The van der Waals surface area contributed by atoms with Gasteiger partial charge in [-0.1, -0.05) is 35.3 Å². The molecule has 0 fully saturated rings. The Morgan fingerprint density at radius 1 is 0.931 bits per heavy atom. The van der Waals surface area contributed by atoms with E-state index in [0.29, 0.717) is 18.2 Å². The summed E-state index contributed by atoms with van der Waals surface area (Å²) in [5, 5.41) is 4.82. The van der Waals surface area contributed by atoms with Crippen LogP contribution in [0.5, 0.6) is 5.75 Å². The molecule has 0 saturated heterocycles. The van der Waals surface area contributed by atoms with Gasteiger partial charge in [0.1, 0.15) is 5.75 Å². The highest BCUT2D eigenvalue weighted by atomic mass is 35.5. The normalized spacial score (nSPS) is 10.6. The Morgan fingerprint density at radius 3 is 2.31 bits per heavy atom. The van der Waals surface area contributed by atoms with Crippen molar-refractivity contribution in [2.24, 2.45) is 0 Å². The van der Waals surface area contributed by atoms with Crippen molar-refractivity contribution in [3.05, 3.63) is 82.3 Å². The molecule has 29 heavy (non-hydrogen) atoms. The number of imidazole rings is 1. The summed E-state index contributed by atoms with van der Waals surface area (Å²) in [4.78, 5) is 4.76. The Labute approximate surface area is 185 Å². The molecule has 0 aliphatic rings. The zero-order chi connectivity index (χ0) is 19.5. The third-order valence-electron chi connectivity index (χ3n) is 4.39. The van der Waals surface area contributed by atoms with Gasteiger partial charge in [0, 0.05) is 22.3 Å². The molecule has 0 saturated carbocycles. The van der Waals surface area contributed by atoms with Gasteiger partial charge >= 0.3 is 0 Å². The topological polar surface area (TPSA) is 39.1 Å². The highest BCUT2D eigenvalue weighted by molar-refractivity contribution is 6.31. The Morgan fingerprint density at radius 2 is 1.62 bits per heavy atom. The Hall–Kier alpha value is -2.40. The lowest BCUT2D eigenvalue weighted by atomic mass is 10.2. The van der Waals surface area contributed by atoms with Gasteiger partial charge in [0.2, 0.25) is 5.95 Å². The monoisotopic (exact) mass is 447 g/mol. The quantitative estimate of drug-likeness (QED) is 0.354. The molecule has 4 nitrogen and oxygen atoms in total. The number of rotatable bonds is 6. The molecule has 0 atom stereocenters. The number of ether oxygens (including phenoxy) is 1. The minimum Gasteiger partial charge on any atom is -0.494 e. The number of fused-ring (bicyclic) bond motifs is 1. The number of anilines is 1. The molecular formula is C22H20Cl3N3O. The van der Waals surface area contributed by atoms with Crippen LogP contribution in [0.25, 0.3) is 16.7 Å². The van der Waals surface area contributed by atoms with Crippen molar-refractivity contribution in [2.45, 2.75) is 13.5 Å². The largest absolute Gasteiger partial charge is 0.494 e. The van der Waals surface area contributed by atoms with Gasteiger partial charge in [0.25, 0.3) is 0 Å². The van der Waals surface area contributed by atoms with E-state index in [1.165, 1.54) is 0 Å². The van der Waals surface area contributed by atoms with E-state index >= 15 is 0 Å².